The standard InChI is InChI=1S/C15H20ClN3O2/c1-18-5-4-10(9-18)19-12-7-14(21-3)13(20-2)6-11(12)17-15(19)8-16/h6-7,10H,4-5,8-9H2,1-3H3. The number of likely N-dealkylation sites (N-methyl/N-ethyl adjacent to an activating group) is 1. The number of imidazole rings is 1. The molecule has 0 bridgehead atoms. The van der Waals surface area contributed by atoms with Gasteiger partial charge in [-0.05, 0) is 20.0 Å². The Hall–Kier alpha value is -1.46. The minimum Gasteiger partial charge on any atom is -0.493 e. The summed E-state index contributed by atoms with van der Waals surface area (Å²) in [5.41, 5.74) is 1.96. The molecule has 2 aromatic rings. The molecule has 1 aromatic carbocycles. The van der Waals surface area contributed by atoms with Crippen molar-refractivity contribution in [2.24, 2.45) is 0 Å². The quantitative estimate of drug-likeness (QED) is 0.814. The molecule has 1 saturated heterocycles. The summed E-state index contributed by atoms with van der Waals surface area (Å²) in [6.07, 6.45) is 1.11. The maximum absolute atomic E-state index is 6.11. The van der Waals surface area contributed by atoms with E-state index in [4.69, 9.17) is 21.1 Å². The Morgan fingerprint density at radius 1 is 1.29 bits per heavy atom. The first-order chi connectivity index (χ1) is 10.2. The van der Waals surface area contributed by atoms with E-state index >= 15 is 0 Å². The fourth-order valence-corrected chi connectivity index (χ4v) is 3.28. The molecule has 3 rings (SSSR count). The number of halogens is 1. The molecule has 1 aliphatic heterocycles. The van der Waals surface area contributed by atoms with Gasteiger partial charge in [0, 0.05) is 24.7 Å². The smallest absolute Gasteiger partial charge is 0.163 e. The molecule has 1 atom stereocenters. The van der Waals surface area contributed by atoms with E-state index in [1.807, 2.05) is 12.1 Å². The van der Waals surface area contributed by atoms with E-state index in [0.29, 0.717) is 17.7 Å². The fraction of sp³-hybridized carbons (Fsp3) is 0.533. The average Bonchev–Trinajstić information content (AvgIpc) is 3.07. The largest absolute Gasteiger partial charge is 0.493 e. The molecule has 2 heterocycles. The first-order valence-electron chi connectivity index (χ1n) is 7.05. The lowest BCUT2D eigenvalue weighted by Gasteiger charge is -2.16. The minimum absolute atomic E-state index is 0.402. The minimum atomic E-state index is 0.402. The van der Waals surface area contributed by atoms with Gasteiger partial charge in [0.1, 0.15) is 5.82 Å². The normalized spacial score (nSPS) is 19.3. The number of ether oxygens (including phenoxy) is 2. The van der Waals surface area contributed by atoms with E-state index in [1.54, 1.807) is 14.2 Å². The molecule has 0 aliphatic carbocycles. The molecule has 0 radical (unpaired) electrons. The van der Waals surface area contributed by atoms with Crippen LogP contribution in [0.2, 0.25) is 0 Å². The summed E-state index contributed by atoms with van der Waals surface area (Å²) in [5, 5.41) is 0. The van der Waals surface area contributed by atoms with Crippen molar-refractivity contribution in [1.82, 2.24) is 14.5 Å². The van der Waals surface area contributed by atoms with Crippen LogP contribution in [0.1, 0.15) is 18.3 Å². The van der Waals surface area contributed by atoms with Crippen LogP contribution in [0, 0.1) is 0 Å². The van der Waals surface area contributed by atoms with Crippen LogP contribution in [-0.2, 0) is 5.88 Å². The van der Waals surface area contributed by atoms with Crippen molar-refractivity contribution in [3.8, 4) is 11.5 Å². The van der Waals surface area contributed by atoms with Crippen LogP contribution in [0.5, 0.6) is 11.5 Å². The van der Waals surface area contributed by atoms with Gasteiger partial charge in [-0.15, -0.1) is 11.6 Å². The fourth-order valence-electron chi connectivity index (χ4n) is 3.10. The first-order valence-corrected chi connectivity index (χ1v) is 7.58. The number of fused-ring (bicyclic) bond motifs is 1. The number of methoxy groups -OCH3 is 2. The van der Waals surface area contributed by atoms with E-state index in [1.165, 1.54) is 0 Å². The van der Waals surface area contributed by atoms with Gasteiger partial charge < -0.3 is 18.9 Å². The average molecular weight is 310 g/mol. The highest BCUT2D eigenvalue weighted by Gasteiger charge is 2.26. The molecular formula is C15H20ClN3O2. The van der Waals surface area contributed by atoms with Gasteiger partial charge in [0.25, 0.3) is 0 Å². The lowest BCUT2D eigenvalue weighted by molar-refractivity contribution is 0.355. The summed E-state index contributed by atoms with van der Waals surface area (Å²) in [7, 11) is 5.42. The van der Waals surface area contributed by atoms with Crippen LogP contribution >= 0.6 is 11.6 Å². The summed E-state index contributed by atoms with van der Waals surface area (Å²) in [6.45, 7) is 2.11. The van der Waals surface area contributed by atoms with E-state index in [0.717, 1.165) is 42.1 Å². The maximum atomic E-state index is 6.11. The third kappa shape index (κ3) is 2.45. The predicted molar refractivity (Wildman–Crippen MR) is 83.5 cm³/mol. The molecule has 0 N–H and O–H groups in total. The molecule has 1 aromatic heterocycles. The number of hydrogen-bond acceptors (Lipinski definition) is 4. The van der Waals surface area contributed by atoms with Crippen molar-refractivity contribution in [1.29, 1.82) is 0 Å². The highest BCUT2D eigenvalue weighted by molar-refractivity contribution is 6.16. The lowest BCUT2D eigenvalue weighted by Crippen LogP contribution is -2.17. The van der Waals surface area contributed by atoms with E-state index in [-0.39, 0.29) is 0 Å². The van der Waals surface area contributed by atoms with Crippen molar-refractivity contribution in [3.63, 3.8) is 0 Å². The molecule has 6 heteroatoms. The Labute approximate surface area is 129 Å². The second kappa shape index (κ2) is 5.73. The molecule has 5 nitrogen and oxygen atoms in total. The van der Waals surface area contributed by atoms with Gasteiger partial charge in [0.05, 0.1) is 31.1 Å². The van der Waals surface area contributed by atoms with Crippen molar-refractivity contribution in [2.75, 3.05) is 34.4 Å². The van der Waals surface area contributed by atoms with Crippen molar-refractivity contribution < 1.29 is 9.47 Å². The Balaban J connectivity index is 2.17. The maximum Gasteiger partial charge on any atom is 0.163 e. The van der Waals surface area contributed by atoms with Crippen LogP contribution < -0.4 is 9.47 Å². The Morgan fingerprint density at radius 3 is 2.57 bits per heavy atom. The van der Waals surface area contributed by atoms with E-state index in [9.17, 15) is 0 Å². The number of hydrogen-bond donors (Lipinski definition) is 0. The zero-order valence-corrected chi connectivity index (χ0v) is 13.4. The summed E-state index contributed by atoms with van der Waals surface area (Å²) in [6, 6.07) is 4.32. The Kier molecular flexibility index (Phi) is 3.95. The third-order valence-electron chi connectivity index (χ3n) is 4.12. The number of rotatable bonds is 4. The molecule has 0 amide bonds. The van der Waals surface area contributed by atoms with Crippen LogP contribution in [0.4, 0.5) is 0 Å². The van der Waals surface area contributed by atoms with Gasteiger partial charge in [-0.3, -0.25) is 0 Å². The van der Waals surface area contributed by atoms with Crippen molar-refractivity contribution in [2.45, 2.75) is 18.3 Å². The predicted octanol–water partition coefficient (Wildman–Crippen LogP) is 2.67. The van der Waals surface area contributed by atoms with E-state index in [2.05, 4.69) is 21.5 Å². The first kappa shape index (κ1) is 14.5. The van der Waals surface area contributed by atoms with Gasteiger partial charge in [0.2, 0.25) is 0 Å². The number of aromatic nitrogens is 2. The van der Waals surface area contributed by atoms with Crippen molar-refractivity contribution in [3.05, 3.63) is 18.0 Å². The topological polar surface area (TPSA) is 39.5 Å². The molecule has 21 heavy (non-hydrogen) atoms. The monoisotopic (exact) mass is 309 g/mol. The summed E-state index contributed by atoms with van der Waals surface area (Å²) in [5.74, 6) is 2.72. The zero-order chi connectivity index (χ0) is 15.0. The van der Waals surface area contributed by atoms with Crippen LogP contribution in [0.25, 0.3) is 11.0 Å². The second-order valence-corrected chi connectivity index (χ2v) is 5.70. The van der Waals surface area contributed by atoms with Gasteiger partial charge in [-0.25, -0.2) is 4.98 Å². The number of alkyl halides is 1. The number of benzene rings is 1. The van der Waals surface area contributed by atoms with Crippen molar-refractivity contribution >= 4 is 22.6 Å². The molecule has 0 spiro atoms. The zero-order valence-electron chi connectivity index (χ0n) is 12.6. The van der Waals surface area contributed by atoms with Gasteiger partial charge in [0.15, 0.2) is 11.5 Å². The summed E-state index contributed by atoms with van der Waals surface area (Å²) < 4.78 is 13.0. The third-order valence-corrected chi connectivity index (χ3v) is 4.36. The van der Waals surface area contributed by atoms with Crippen LogP contribution in [0.3, 0.4) is 0 Å². The highest BCUT2D eigenvalue weighted by Crippen LogP contribution is 2.35. The second-order valence-electron chi connectivity index (χ2n) is 5.43. The van der Waals surface area contributed by atoms with Gasteiger partial charge >= 0.3 is 0 Å². The van der Waals surface area contributed by atoms with Gasteiger partial charge in [-0.1, -0.05) is 0 Å². The SMILES string of the molecule is COc1cc2nc(CCl)n(C3CCN(C)C3)c2cc1OC. The summed E-state index contributed by atoms with van der Waals surface area (Å²) in [4.78, 5) is 6.99. The molecule has 1 fully saturated rings. The van der Waals surface area contributed by atoms with Crippen LogP contribution in [-0.4, -0.2) is 48.8 Å². The summed E-state index contributed by atoms with van der Waals surface area (Å²) >= 11 is 6.11. The highest BCUT2D eigenvalue weighted by atomic mass is 35.5. The van der Waals surface area contributed by atoms with Crippen LogP contribution in [0.15, 0.2) is 12.1 Å². The lowest BCUT2D eigenvalue weighted by atomic mass is 10.2. The number of likely N-dealkylation sites (tertiary alicyclic amines) is 1. The van der Waals surface area contributed by atoms with E-state index < -0.39 is 0 Å². The number of nitrogens with zero attached hydrogens (tertiary/aromatic N) is 3. The molecule has 0 saturated carbocycles. The Morgan fingerprint density at radius 2 is 2.00 bits per heavy atom. The van der Waals surface area contributed by atoms with Gasteiger partial charge in [-0.2, -0.15) is 0 Å². The molecule has 1 unspecified atom stereocenters. The molecule has 114 valence electrons. The molecular weight excluding hydrogens is 290 g/mol. The molecule has 1 aliphatic rings. The Bertz CT molecular complexity index is 656.